The van der Waals surface area contributed by atoms with Crippen LogP contribution >= 0.6 is 0 Å². The summed E-state index contributed by atoms with van der Waals surface area (Å²) in [6.07, 6.45) is 4.50. The molecule has 3 atom stereocenters. The highest BCUT2D eigenvalue weighted by Crippen LogP contribution is 2.44. The summed E-state index contributed by atoms with van der Waals surface area (Å²) >= 11 is 0. The maximum absolute atomic E-state index is 11.6. The molecule has 2 saturated heterocycles. The molecule has 3 aliphatic rings. The van der Waals surface area contributed by atoms with Crippen LogP contribution in [0.4, 0.5) is 0 Å². The van der Waals surface area contributed by atoms with E-state index in [4.69, 9.17) is 0 Å². The van der Waals surface area contributed by atoms with Crippen LogP contribution in [0, 0.1) is 11.8 Å². The zero-order valence-electron chi connectivity index (χ0n) is 11.0. The molecule has 0 radical (unpaired) electrons. The third-order valence-electron chi connectivity index (χ3n) is 5.17. The second kappa shape index (κ2) is 4.74. The first-order valence-corrected chi connectivity index (χ1v) is 8.99. The molecule has 0 bridgehead atoms. The molecule has 0 aromatic carbocycles. The first-order chi connectivity index (χ1) is 8.98. The molecule has 19 heavy (non-hydrogen) atoms. The number of sulfone groups is 1. The van der Waals surface area contributed by atoms with Gasteiger partial charge >= 0.3 is 5.97 Å². The Morgan fingerprint density at radius 3 is 2.42 bits per heavy atom. The minimum atomic E-state index is -2.88. The van der Waals surface area contributed by atoms with Crippen LogP contribution in [0.1, 0.15) is 32.1 Å². The van der Waals surface area contributed by atoms with E-state index in [1.807, 2.05) is 0 Å². The standard InChI is InChI=1S/C13H21NO4S/c15-13(16)12-11-3-1-2-9(11)8-14(12)10-4-6-19(17,18)7-5-10/h9-12H,1-8H2,(H,15,16). The van der Waals surface area contributed by atoms with E-state index in [0.29, 0.717) is 18.8 Å². The minimum Gasteiger partial charge on any atom is -0.480 e. The van der Waals surface area contributed by atoms with Crippen LogP contribution in [0.2, 0.25) is 0 Å². The van der Waals surface area contributed by atoms with E-state index in [1.54, 1.807) is 0 Å². The summed E-state index contributed by atoms with van der Waals surface area (Å²) in [5.41, 5.74) is 0. The van der Waals surface area contributed by atoms with Gasteiger partial charge in [0.2, 0.25) is 0 Å². The van der Waals surface area contributed by atoms with Gasteiger partial charge in [-0.3, -0.25) is 9.69 Å². The predicted molar refractivity (Wildman–Crippen MR) is 70.6 cm³/mol. The molecule has 0 amide bonds. The quantitative estimate of drug-likeness (QED) is 0.811. The molecule has 3 rings (SSSR count). The zero-order valence-corrected chi connectivity index (χ0v) is 11.8. The number of rotatable bonds is 2. The average molecular weight is 287 g/mol. The monoisotopic (exact) mass is 287 g/mol. The molecule has 2 aliphatic heterocycles. The molecule has 3 unspecified atom stereocenters. The Kier molecular flexibility index (Phi) is 3.33. The average Bonchev–Trinajstić information content (AvgIpc) is 2.87. The van der Waals surface area contributed by atoms with E-state index in [2.05, 4.69) is 4.90 Å². The lowest BCUT2D eigenvalue weighted by Crippen LogP contribution is -2.48. The van der Waals surface area contributed by atoms with E-state index in [0.717, 1.165) is 25.8 Å². The number of likely N-dealkylation sites (tertiary alicyclic amines) is 1. The summed E-state index contributed by atoms with van der Waals surface area (Å²) in [4.78, 5) is 13.7. The number of carboxylic acid groups (broad SMARTS) is 1. The Labute approximate surface area is 113 Å². The van der Waals surface area contributed by atoms with Crippen LogP contribution in [-0.4, -0.2) is 54.5 Å². The molecule has 1 aliphatic carbocycles. The van der Waals surface area contributed by atoms with Gasteiger partial charge in [0.05, 0.1) is 11.5 Å². The van der Waals surface area contributed by atoms with Gasteiger partial charge < -0.3 is 5.11 Å². The van der Waals surface area contributed by atoms with E-state index in [-0.39, 0.29) is 29.5 Å². The summed E-state index contributed by atoms with van der Waals surface area (Å²) in [7, 11) is -2.88. The van der Waals surface area contributed by atoms with Crippen molar-refractivity contribution in [2.24, 2.45) is 11.8 Å². The number of aliphatic carboxylic acids is 1. The van der Waals surface area contributed by atoms with E-state index < -0.39 is 15.8 Å². The lowest BCUT2D eigenvalue weighted by molar-refractivity contribution is -0.144. The van der Waals surface area contributed by atoms with Crippen molar-refractivity contribution >= 4 is 15.8 Å². The molecule has 1 saturated carbocycles. The minimum absolute atomic E-state index is 0.148. The molecule has 108 valence electrons. The van der Waals surface area contributed by atoms with Gasteiger partial charge in [0.1, 0.15) is 15.9 Å². The van der Waals surface area contributed by atoms with Crippen molar-refractivity contribution in [2.45, 2.75) is 44.2 Å². The van der Waals surface area contributed by atoms with Crippen LogP contribution in [0.15, 0.2) is 0 Å². The number of fused-ring (bicyclic) bond motifs is 1. The Hall–Kier alpha value is -0.620. The Morgan fingerprint density at radius 2 is 1.79 bits per heavy atom. The lowest BCUT2D eigenvalue weighted by atomic mass is 9.94. The summed E-state index contributed by atoms with van der Waals surface area (Å²) in [6.45, 7) is 0.854. The molecule has 5 nitrogen and oxygen atoms in total. The molecule has 0 aromatic rings. The Balaban J connectivity index is 1.75. The van der Waals surface area contributed by atoms with Crippen LogP contribution in [0.25, 0.3) is 0 Å². The zero-order chi connectivity index (χ0) is 13.6. The first-order valence-electron chi connectivity index (χ1n) is 7.17. The van der Waals surface area contributed by atoms with Gasteiger partial charge in [0.25, 0.3) is 0 Å². The first kappa shape index (κ1) is 13.4. The normalized spacial score (nSPS) is 39.3. The summed E-state index contributed by atoms with van der Waals surface area (Å²) in [5.74, 6) is 0.518. The highest BCUT2D eigenvalue weighted by Gasteiger charge is 2.50. The molecule has 1 N–H and O–H groups in total. The molecular weight excluding hydrogens is 266 g/mol. The number of carboxylic acids is 1. The fraction of sp³-hybridized carbons (Fsp3) is 0.923. The number of nitrogens with zero attached hydrogens (tertiary/aromatic N) is 1. The maximum Gasteiger partial charge on any atom is 0.321 e. The summed E-state index contributed by atoms with van der Waals surface area (Å²) < 4.78 is 23.0. The Bertz CT molecular complexity index is 461. The number of hydrogen-bond acceptors (Lipinski definition) is 4. The Morgan fingerprint density at radius 1 is 1.11 bits per heavy atom. The van der Waals surface area contributed by atoms with E-state index in [1.165, 1.54) is 0 Å². The van der Waals surface area contributed by atoms with Crippen molar-refractivity contribution in [3.8, 4) is 0 Å². The van der Waals surface area contributed by atoms with Gasteiger partial charge in [-0.15, -0.1) is 0 Å². The highest BCUT2D eigenvalue weighted by molar-refractivity contribution is 7.91. The molecular formula is C13H21NO4S. The maximum atomic E-state index is 11.6. The lowest BCUT2D eigenvalue weighted by Gasteiger charge is -2.34. The van der Waals surface area contributed by atoms with Crippen molar-refractivity contribution in [3.63, 3.8) is 0 Å². The van der Waals surface area contributed by atoms with Gasteiger partial charge in [0, 0.05) is 12.6 Å². The smallest absolute Gasteiger partial charge is 0.321 e. The fourth-order valence-corrected chi connectivity index (χ4v) is 5.72. The predicted octanol–water partition coefficient (Wildman–Crippen LogP) is 0.749. The molecule has 6 heteroatoms. The summed E-state index contributed by atoms with van der Waals surface area (Å²) in [6, 6.07) is -0.228. The SMILES string of the molecule is O=C(O)C1C2CCCC2CN1C1CCS(=O)(=O)CC1. The van der Waals surface area contributed by atoms with Gasteiger partial charge in [0.15, 0.2) is 0 Å². The van der Waals surface area contributed by atoms with Crippen molar-refractivity contribution in [1.29, 1.82) is 0 Å². The van der Waals surface area contributed by atoms with Gasteiger partial charge in [-0.1, -0.05) is 6.42 Å². The topological polar surface area (TPSA) is 74.7 Å². The highest BCUT2D eigenvalue weighted by atomic mass is 32.2. The van der Waals surface area contributed by atoms with Crippen molar-refractivity contribution in [2.75, 3.05) is 18.1 Å². The van der Waals surface area contributed by atoms with Crippen LogP contribution in [0.3, 0.4) is 0 Å². The van der Waals surface area contributed by atoms with Crippen LogP contribution < -0.4 is 0 Å². The number of carbonyl (C=O) groups is 1. The van der Waals surface area contributed by atoms with E-state index >= 15 is 0 Å². The molecule has 0 aromatic heterocycles. The van der Waals surface area contributed by atoms with Crippen LogP contribution in [-0.2, 0) is 14.6 Å². The summed E-state index contributed by atoms with van der Waals surface area (Å²) in [5, 5.41) is 9.50. The second-order valence-corrected chi connectivity index (χ2v) is 8.52. The second-order valence-electron chi connectivity index (χ2n) is 6.22. The van der Waals surface area contributed by atoms with Crippen molar-refractivity contribution in [3.05, 3.63) is 0 Å². The largest absolute Gasteiger partial charge is 0.480 e. The third kappa shape index (κ3) is 2.40. The van der Waals surface area contributed by atoms with E-state index in [9.17, 15) is 18.3 Å². The van der Waals surface area contributed by atoms with Gasteiger partial charge in [-0.05, 0) is 37.5 Å². The van der Waals surface area contributed by atoms with Crippen LogP contribution in [0.5, 0.6) is 0 Å². The van der Waals surface area contributed by atoms with Crippen molar-refractivity contribution < 1.29 is 18.3 Å². The number of hydrogen-bond donors (Lipinski definition) is 1. The van der Waals surface area contributed by atoms with Gasteiger partial charge in [-0.2, -0.15) is 0 Å². The molecule has 3 fully saturated rings. The molecule has 2 heterocycles. The fourth-order valence-electron chi connectivity index (χ4n) is 4.25. The molecule has 0 spiro atoms. The third-order valence-corrected chi connectivity index (χ3v) is 6.89. The van der Waals surface area contributed by atoms with Gasteiger partial charge in [-0.25, -0.2) is 8.42 Å². The van der Waals surface area contributed by atoms with Crippen molar-refractivity contribution in [1.82, 2.24) is 4.90 Å².